The fraction of sp³-hybridized carbons (Fsp3) is 0.818. The zero-order valence-corrected chi connectivity index (χ0v) is 10.9. The average Bonchev–Trinajstić information content (AvgIpc) is 2.24. The Balaban J connectivity index is 3.94. The van der Waals surface area contributed by atoms with Gasteiger partial charge in [-0.1, -0.05) is 13.8 Å². The minimum atomic E-state index is -1.06. The highest BCUT2D eigenvalue weighted by Crippen LogP contribution is 2.18. The summed E-state index contributed by atoms with van der Waals surface area (Å²) < 4.78 is 4.97. The molecule has 0 aromatic carbocycles. The number of carbonyl (C=O) groups is 2. The van der Waals surface area contributed by atoms with Gasteiger partial charge in [0.2, 0.25) is 0 Å². The predicted molar refractivity (Wildman–Crippen MR) is 63.9 cm³/mol. The summed E-state index contributed by atoms with van der Waals surface area (Å²) in [5.74, 6) is -1.06. The number of carboxylic acids is 1. The summed E-state index contributed by atoms with van der Waals surface area (Å²) in [4.78, 5) is 21.9. The molecule has 17 heavy (non-hydrogen) atoms. The first-order chi connectivity index (χ1) is 7.78. The van der Waals surface area contributed by atoms with Crippen molar-refractivity contribution in [3.63, 3.8) is 0 Å². The molecule has 0 unspecified atom stereocenters. The van der Waals surface area contributed by atoms with Crippen molar-refractivity contribution in [1.29, 1.82) is 0 Å². The van der Waals surface area contributed by atoms with Crippen LogP contribution in [0.3, 0.4) is 0 Å². The van der Waals surface area contributed by atoms with Crippen molar-refractivity contribution in [2.24, 2.45) is 5.41 Å². The zero-order valence-electron chi connectivity index (χ0n) is 10.9. The number of carbonyl (C=O) groups excluding carboxylic acids is 1. The van der Waals surface area contributed by atoms with E-state index in [1.165, 1.54) is 6.92 Å². The minimum absolute atomic E-state index is 0.0835. The number of hydrogen-bond acceptors (Lipinski definition) is 3. The lowest BCUT2D eigenvalue weighted by Gasteiger charge is -2.24. The molecule has 0 heterocycles. The molecule has 1 atom stereocenters. The molecule has 0 fully saturated rings. The first kappa shape index (κ1) is 15.7. The molecule has 0 saturated carbocycles. The molecule has 0 rings (SSSR count). The standard InChI is InChI=1S/C11H22N2O4/c1-8(9(14)15)13-10(16)12-7-11(2,3)5-6-17-4/h8H,5-7H2,1-4H3,(H,14,15)(H2,12,13,16)/t8-/m1/s1. The van der Waals surface area contributed by atoms with Gasteiger partial charge in [0, 0.05) is 20.3 Å². The lowest BCUT2D eigenvalue weighted by molar-refractivity contribution is -0.138. The zero-order chi connectivity index (χ0) is 13.5. The van der Waals surface area contributed by atoms with Crippen LogP contribution < -0.4 is 10.6 Å². The van der Waals surface area contributed by atoms with Crippen LogP contribution in [0.4, 0.5) is 4.79 Å². The van der Waals surface area contributed by atoms with E-state index >= 15 is 0 Å². The van der Waals surface area contributed by atoms with E-state index in [1.807, 2.05) is 13.8 Å². The number of rotatable bonds is 7. The molecule has 0 aliphatic carbocycles. The Kier molecular flexibility index (Phi) is 6.57. The van der Waals surface area contributed by atoms with Crippen LogP contribution in [0.2, 0.25) is 0 Å². The van der Waals surface area contributed by atoms with E-state index in [1.54, 1.807) is 7.11 Å². The van der Waals surface area contributed by atoms with E-state index in [4.69, 9.17) is 9.84 Å². The Labute approximate surface area is 102 Å². The molecule has 0 spiro atoms. The molecule has 0 aliphatic heterocycles. The fourth-order valence-electron chi connectivity index (χ4n) is 1.10. The lowest BCUT2D eigenvalue weighted by atomic mass is 9.90. The smallest absolute Gasteiger partial charge is 0.325 e. The maximum atomic E-state index is 11.4. The highest BCUT2D eigenvalue weighted by atomic mass is 16.5. The summed E-state index contributed by atoms with van der Waals surface area (Å²) in [5.41, 5.74) is -0.0835. The van der Waals surface area contributed by atoms with Crippen molar-refractivity contribution in [3.05, 3.63) is 0 Å². The number of ether oxygens (including phenoxy) is 1. The van der Waals surface area contributed by atoms with Crippen LogP contribution in [-0.4, -0.2) is 43.4 Å². The summed E-state index contributed by atoms with van der Waals surface area (Å²) in [5, 5.41) is 13.6. The molecular weight excluding hydrogens is 224 g/mol. The predicted octanol–water partition coefficient (Wildman–Crippen LogP) is 0.821. The molecule has 0 aliphatic rings. The Morgan fingerprint density at radius 3 is 2.47 bits per heavy atom. The van der Waals surface area contributed by atoms with E-state index in [-0.39, 0.29) is 5.41 Å². The van der Waals surface area contributed by atoms with Crippen LogP contribution in [0.1, 0.15) is 27.2 Å². The number of urea groups is 1. The van der Waals surface area contributed by atoms with Crippen molar-refractivity contribution >= 4 is 12.0 Å². The minimum Gasteiger partial charge on any atom is -0.480 e. The van der Waals surface area contributed by atoms with Gasteiger partial charge in [0.05, 0.1) is 0 Å². The number of amides is 2. The second kappa shape index (κ2) is 7.11. The monoisotopic (exact) mass is 246 g/mol. The van der Waals surface area contributed by atoms with Crippen LogP contribution in [0.5, 0.6) is 0 Å². The van der Waals surface area contributed by atoms with Gasteiger partial charge in [0.15, 0.2) is 0 Å². The Morgan fingerprint density at radius 2 is 2.00 bits per heavy atom. The first-order valence-corrected chi connectivity index (χ1v) is 5.54. The molecular formula is C11H22N2O4. The van der Waals surface area contributed by atoms with Gasteiger partial charge in [-0.25, -0.2) is 4.79 Å². The van der Waals surface area contributed by atoms with Gasteiger partial charge in [-0.05, 0) is 18.8 Å². The van der Waals surface area contributed by atoms with E-state index < -0.39 is 18.0 Å². The van der Waals surface area contributed by atoms with E-state index in [2.05, 4.69) is 10.6 Å². The van der Waals surface area contributed by atoms with Crippen molar-refractivity contribution in [2.45, 2.75) is 33.2 Å². The third-order valence-corrected chi connectivity index (χ3v) is 2.43. The second-order valence-electron chi connectivity index (χ2n) is 4.79. The molecule has 2 amide bonds. The topological polar surface area (TPSA) is 87.7 Å². The van der Waals surface area contributed by atoms with Crippen molar-refractivity contribution in [3.8, 4) is 0 Å². The molecule has 0 radical (unpaired) electrons. The highest BCUT2D eigenvalue weighted by molar-refractivity contribution is 5.82. The maximum absolute atomic E-state index is 11.4. The van der Waals surface area contributed by atoms with Crippen LogP contribution in [0.15, 0.2) is 0 Å². The average molecular weight is 246 g/mol. The fourth-order valence-corrected chi connectivity index (χ4v) is 1.10. The summed E-state index contributed by atoms with van der Waals surface area (Å²) >= 11 is 0. The maximum Gasteiger partial charge on any atom is 0.325 e. The summed E-state index contributed by atoms with van der Waals surface area (Å²) in [7, 11) is 1.63. The van der Waals surface area contributed by atoms with E-state index in [0.29, 0.717) is 13.2 Å². The molecule has 0 aromatic heterocycles. The third-order valence-electron chi connectivity index (χ3n) is 2.43. The first-order valence-electron chi connectivity index (χ1n) is 5.54. The molecule has 0 aromatic rings. The van der Waals surface area contributed by atoms with Crippen molar-refractivity contribution < 1.29 is 19.4 Å². The molecule has 6 heteroatoms. The number of aliphatic carboxylic acids is 1. The van der Waals surface area contributed by atoms with Gasteiger partial charge in [0.25, 0.3) is 0 Å². The summed E-state index contributed by atoms with van der Waals surface area (Å²) in [6.07, 6.45) is 0.818. The molecule has 100 valence electrons. The van der Waals surface area contributed by atoms with Crippen LogP contribution >= 0.6 is 0 Å². The third kappa shape index (κ3) is 7.57. The Bertz CT molecular complexity index is 266. The lowest BCUT2D eigenvalue weighted by Crippen LogP contribution is -2.46. The number of carboxylic acid groups (broad SMARTS) is 1. The van der Waals surface area contributed by atoms with Gasteiger partial charge in [-0.2, -0.15) is 0 Å². The SMILES string of the molecule is COCCC(C)(C)CNC(=O)N[C@H](C)C(=O)O. The highest BCUT2D eigenvalue weighted by Gasteiger charge is 2.20. The molecule has 3 N–H and O–H groups in total. The van der Waals surface area contributed by atoms with Gasteiger partial charge in [-0.3, -0.25) is 4.79 Å². The van der Waals surface area contributed by atoms with E-state index in [9.17, 15) is 9.59 Å². The van der Waals surface area contributed by atoms with Gasteiger partial charge in [0.1, 0.15) is 6.04 Å². The van der Waals surface area contributed by atoms with Crippen molar-refractivity contribution in [1.82, 2.24) is 10.6 Å². The molecule has 0 bridgehead atoms. The van der Waals surface area contributed by atoms with Crippen LogP contribution in [-0.2, 0) is 9.53 Å². The molecule has 6 nitrogen and oxygen atoms in total. The van der Waals surface area contributed by atoms with Crippen molar-refractivity contribution in [2.75, 3.05) is 20.3 Å². The second-order valence-corrected chi connectivity index (χ2v) is 4.79. The summed E-state index contributed by atoms with van der Waals surface area (Å²) in [6, 6.07) is -1.36. The van der Waals surface area contributed by atoms with Crippen LogP contribution in [0, 0.1) is 5.41 Å². The van der Waals surface area contributed by atoms with Gasteiger partial charge >= 0.3 is 12.0 Å². The Hall–Kier alpha value is -1.30. The van der Waals surface area contributed by atoms with Gasteiger partial charge < -0.3 is 20.5 Å². The normalized spacial score (nSPS) is 12.9. The number of methoxy groups -OCH3 is 1. The quantitative estimate of drug-likeness (QED) is 0.620. The summed E-state index contributed by atoms with van der Waals surface area (Å²) in [6.45, 7) is 6.52. The van der Waals surface area contributed by atoms with E-state index in [0.717, 1.165) is 6.42 Å². The van der Waals surface area contributed by atoms with Crippen LogP contribution in [0.25, 0.3) is 0 Å². The largest absolute Gasteiger partial charge is 0.480 e. The number of nitrogens with one attached hydrogen (secondary N) is 2. The molecule has 0 saturated heterocycles. The number of hydrogen-bond donors (Lipinski definition) is 3. The van der Waals surface area contributed by atoms with Gasteiger partial charge in [-0.15, -0.1) is 0 Å². The Morgan fingerprint density at radius 1 is 1.41 bits per heavy atom.